The molecular weight excluding hydrogens is 459 g/mol. The van der Waals surface area contributed by atoms with E-state index in [0.717, 1.165) is 11.3 Å². The lowest BCUT2D eigenvalue weighted by Crippen LogP contribution is -2.49. The summed E-state index contributed by atoms with van der Waals surface area (Å²) in [7, 11) is 0. The fourth-order valence-electron chi connectivity index (χ4n) is 4.74. The van der Waals surface area contributed by atoms with Gasteiger partial charge in [-0.05, 0) is 50.6 Å². The van der Waals surface area contributed by atoms with E-state index in [2.05, 4.69) is 4.98 Å². The maximum atomic E-state index is 13.4. The summed E-state index contributed by atoms with van der Waals surface area (Å²) in [6, 6.07) is 8.17. The first-order chi connectivity index (χ1) is 16.5. The van der Waals surface area contributed by atoms with Crippen LogP contribution in [-0.2, 0) is 19.6 Å². The van der Waals surface area contributed by atoms with E-state index in [1.54, 1.807) is 46.3 Å². The van der Waals surface area contributed by atoms with Gasteiger partial charge in [0, 0.05) is 42.4 Å². The monoisotopic (exact) mass is 483 g/mol. The number of benzene rings is 1. The van der Waals surface area contributed by atoms with E-state index in [-0.39, 0.29) is 36.3 Å². The van der Waals surface area contributed by atoms with Gasteiger partial charge in [0.05, 0.1) is 12.0 Å². The van der Waals surface area contributed by atoms with Gasteiger partial charge in [0.25, 0.3) is 11.5 Å². The number of amides is 1. The molecule has 7 nitrogen and oxygen atoms in total. The Morgan fingerprint density at radius 3 is 2.54 bits per heavy atom. The zero-order chi connectivity index (χ0) is 25.1. The molecule has 0 saturated carbocycles. The normalized spacial score (nSPS) is 16.2. The number of aromatic nitrogens is 4. The maximum Gasteiger partial charge on any atom is 0.406 e. The molecule has 3 aromatic heterocycles. The van der Waals surface area contributed by atoms with Crippen LogP contribution in [0.3, 0.4) is 0 Å². The Kier molecular flexibility index (Phi) is 5.34. The van der Waals surface area contributed by atoms with Crippen LogP contribution in [0.25, 0.3) is 16.6 Å². The molecular formula is C25H24F3N5O2. The van der Waals surface area contributed by atoms with Gasteiger partial charge in [-0.25, -0.2) is 4.98 Å². The van der Waals surface area contributed by atoms with Gasteiger partial charge in [0.1, 0.15) is 17.9 Å². The number of carbonyl (C=O) groups excluding carboxylic acids is 1. The van der Waals surface area contributed by atoms with E-state index < -0.39 is 12.7 Å². The third-order valence-corrected chi connectivity index (χ3v) is 6.41. The molecule has 1 amide bonds. The van der Waals surface area contributed by atoms with Crippen LogP contribution in [0.4, 0.5) is 13.2 Å². The zero-order valence-electron chi connectivity index (χ0n) is 19.5. The molecule has 10 heteroatoms. The summed E-state index contributed by atoms with van der Waals surface area (Å²) in [6.07, 6.45) is 0.401. The number of carbonyl (C=O) groups is 1. The quantitative estimate of drug-likeness (QED) is 0.437. The molecule has 5 rings (SSSR count). The van der Waals surface area contributed by atoms with Gasteiger partial charge in [-0.15, -0.1) is 0 Å². The minimum absolute atomic E-state index is 0.140. The maximum absolute atomic E-state index is 13.4. The first-order valence-electron chi connectivity index (χ1n) is 11.2. The molecule has 0 unspecified atom stereocenters. The number of pyridine rings is 1. The molecule has 0 saturated heterocycles. The number of alkyl halides is 3. The van der Waals surface area contributed by atoms with Crippen molar-refractivity contribution >= 4 is 16.8 Å². The van der Waals surface area contributed by atoms with Gasteiger partial charge in [-0.1, -0.05) is 11.6 Å². The summed E-state index contributed by atoms with van der Waals surface area (Å²) in [5, 5.41) is 0.683. The summed E-state index contributed by atoms with van der Waals surface area (Å²) in [5.41, 5.74) is 3.14. The van der Waals surface area contributed by atoms with Crippen LogP contribution in [0.15, 0.2) is 53.8 Å². The Morgan fingerprint density at radius 2 is 1.86 bits per heavy atom. The highest BCUT2D eigenvalue weighted by molar-refractivity contribution is 5.94. The van der Waals surface area contributed by atoms with Crippen LogP contribution < -0.4 is 5.56 Å². The highest BCUT2D eigenvalue weighted by atomic mass is 19.4. The number of hydrogen-bond donors (Lipinski definition) is 0. The summed E-state index contributed by atoms with van der Waals surface area (Å²) >= 11 is 0. The van der Waals surface area contributed by atoms with Crippen molar-refractivity contribution in [3.8, 4) is 5.69 Å². The molecule has 0 spiro atoms. The number of fused-ring (bicyclic) bond motifs is 2. The molecule has 1 atom stereocenters. The molecule has 1 aromatic carbocycles. The van der Waals surface area contributed by atoms with Gasteiger partial charge in [-0.2, -0.15) is 13.2 Å². The number of hydrogen-bond acceptors (Lipinski definition) is 3. The molecule has 1 aliphatic rings. The van der Waals surface area contributed by atoms with Crippen LogP contribution in [0.1, 0.15) is 34.2 Å². The molecule has 0 radical (unpaired) electrons. The van der Waals surface area contributed by atoms with Crippen LogP contribution in [0.2, 0.25) is 0 Å². The lowest BCUT2D eigenvalue weighted by Gasteiger charge is -2.35. The number of nitrogens with zero attached hydrogens (tertiary/aromatic N) is 5. The minimum Gasteiger partial charge on any atom is -0.338 e. The van der Waals surface area contributed by atoms with Gasteiger partial charge < -0.3 is 18.6 Å². The van der Waals surface area contributed by atoms with Crippen molar-refractivity contribution in [2.75, 3.05) is 0 Å². The second-order valence-electron chi connectivity index (χ2n) is 9.14. The summed E-state index contributed by atoms with van der Waals surface area (Å²) < 4.78 is 43.8. The Morgan fingerprint density at radius 1 is 1.09 bits per heavy atom. The molecule has 0 N–H and O–H groups in total. The first kappa shape index (κ1) is 22.9. The van der Waals surface area contributed by atoms with Crippen molar-refractivity contribution in [2.45, 2.75) is 52.6 Å². The molecule has 35 heavy (non-hydrogen) atoms. The van der Waals surface area contributed by atoms with E-state index in [1.165, 1.54) is 15.3 Å². The smallest absolute Gasteiger partial charge is 0.338 e. The predicted octanol–water partition coefficient (Wildman–Crippen LogP) is 4.21. The molecule has 0 fully saturated rings. The fraction of sp³-hybridized carbons (Fsp3) is 0.320. The number of aryl methyl sites for hydroxylation is 2. The number of imidazole rings is 1. The van der Waals surface area contributed by atoms with Crippen LogP contribution in [0.5, 0.6) is 0 Å². The minimum atomic E-state index is -4.37. The lowest BCUT2D eigenvalue weighted by molar-refractivity contribution is -0.139. The van der Waals surface area contributed by atoms with Gasteiger partial charge in [-0.3, -0.25) is 9.59 Å². The van der Waals surface area contributed by atoms with Crippen molar-refractivity contribution in [3.05, 3.63) is 81.9 Å². The van der Waals surface area contributed by atoms with Gasteiger partial charge in [0.2, 0.25) is 0 Å². The number of rotatable bonds is 4. The Hall–Kier alpha value is -3.82. The van der Waals surface area contributed by atoms with E-state index >= 15 is 0 Å². The van der Waals surface area contributed by atoms with E-state index in [1.807, 2.05) is 26.8 Å². The highest BCUT2D eigenvalue weighted by Gasteiger charge is 2.33. The summed E-state index contributed by atoms with van der Waals surface area (Å²) in [4.78, 5) is 32.4. The second kappa shape index (κ2) is 8.14. The molecule has 182 valence electrons. The van der Waals surface area contributed by atoms with Crippen molar-refractivity contribution < 1.29 is 18.0 Å². The van der Waals surface area contributed by atoms with Gasteiger partial charge >= 0.3 is 6.18 Å². The molecule has 4 aromatic rings. The Balaban J connectivity index is 1.51. The van der Waals surface area contributed by atoms with Crippen molar-refractivity contribution in [1.29, 1.82) is 0 Å². The molecule has 0 aliphatic carbocycles. The lowest BCUT2D eigenvalue weighted by atomic mass is 10.1. The second-order valence-corrected chi connectivity index (χ2v) is 9.14. The molecule has 0 bridgehead atoms. The largest absolute Gasteiger partial charge is 0.406 e. The molecule has 4 heterocycles. The summed E-state index contributed by atoms with van der Waals surface area (Å²) in [6.45, 7) is 4.85. The molecule has 1 aliphatic heterocycles. The van der Waals surface area contributed by atoms with Crippen molar-refractivity contribution in [3.63, 3.8) is 0 Å². The predicted molar refractivity (Wildman–Crippen MR) is 125 cm³/mol. The Bertz CT molecular complexity index is 1510. The van der Waals surface area contributed by atoms with Crippen LogP contribution in [-0.4, -0.2) is 41.7 Å². The zero-order valence-corrected chi connectivity index (χ0v) is 19.5. The fourth-order valence-corrected chi connectivity index (χ4v) is 4.74. The standard InChI is InChI=1S/C25H24F3N5O2/c1-15-4-5-20-19(8-15)18(11-30(20)13-25(26,27)28)12-32-17(3)10-33-22(24(32)35)7-6-21(23(33)34)31-9-16(2)29-14-31/h4-9,11,14,17H,10,12-13H2,1-3H3/t17-/m1/s1. The Labute approximate surface area is 199 Å². The van der Waals surface area contributed by atoms with Crippen LogP contribution in [0, 0.1) is 13.8 Å². The van der Waals surface area contributed by atoms with Gasteiger partial charge in [0.15, 0.2) is 0 Å². The van der Waals surface area contributed by atoms with Crippen molar-refractivity contribution in [1.82, 2.24) is 23.6 Å². The van der Waals surface area contributed by atoms with E-state index in [0.29, 0.717) is 22.2 Å². The third-order valence-electron chi connectivity index (χ3n) is 6.41. The average molecular weight is 483 g/mol. The first-order valence-corrected chi connectivity index (χ1v) is 11.2. The topological polar surface area (TPSA) is 65.1 Å². The average Bonchev–Trinajstić information content (AvgIpc) is 3.34. The van der Waals surface area contributed by atoms with E-state index in [4.69, 9.17) is 0 Å². The number of halogens is 3. The van der Waals surface area contributed by atoms with Crippen LogP contribution >= 0.6 is 0 Å². The van der Waals surface area contributed by atoms with Crippen molar-refractivity contribution in [2.24, 2.45) is 0 Å². The third kappa shape index (κ3) is 4.13. The SMILES string of the molecule is Cc1ccc2c(c1)c(CN1C(=O)c3ccc(-n4cnc(C)c4)c(=O)n3C[C@H]1C)cn2CC(F)(F)F. The van der Waals surface area contributed by atoms with E-state index in [9.17, 15) is 22.8 Å². The summed E-state index contributed by atoms with van der Waals surface area (Å²) in [5.74, 6) is -0.335. The highest BCUT2D eigenvalue weighted by Crippen LogP contribution is 2.29.